The van der Waals surface area contributed by atoms with Crippen molar-refractivity contribution in [2.45, 2.75) is 0 Å². The highest BCUT2D eigenvalue weighted by molar-refractivity contribution is 9.10. The maximum atomic E-state index is 12.3. The van der Waals surface area contributed by atoms with Crippen molar-refractivity contribution >= 4 is 27.8 Å². The molecule has 0 bridgehead atoms. The highest BCUT2D eigenvalue weighted by atomic mass is 79.9. The number of allylic oxidation sites excluding steroid dienone is 1. The summed E-state index contributed by atoms with van der Waals surface area (Å²) < 4.78 is 0.975. The van der Waals surface area contributed by atoms with Crippen LogP contribution in [-0.2, 0) is 0 Å². The molecule has 0 N–H and O–H groups in total. The second-order valence-electron chi connectivity index (χ2n) is 5.16. The van der Waals surface area contributed by atoms with Crippen LogP contribution in [0.4, 0.5) is 0 Å². The third-order valence-electron chi connectivity index (χ3n) is 3.60. The highest BCUT2D eigenvalue weighted by Crippen LogP contribution is 2.20. The van der Waals surface area contributed by atoms with Crippen molar-refractivity contribution in [3.8, 4) is 11.1 Å². The van der Waals surface area contributed by atoms with Gasteiger partial charge in [0.1, 0.15) is 0 Å². The van der Waals surface area contributed by atoms with Gasteiger partial charge >= 0.3 is 0 Å². The molecule has 0 heterocycles. The number of hydrogen-bond acceptors (Lipinski definition) is 1. The van der Waals surface area contributed by atoms with E-state index in [1.165, 1.54) is 0 Å². The average molecular weight is 363 g/mol. The summed E-state index contributed by atoms with van der Waals surface area (Å²) >= 11 is 3.48. The van der Waals surface area contributed by atoms with Crippen LogP contribution in [0.3, 0.4) is 0 Å². The van der Waals surface area contributed by atoms with Gasteiger partial charge in [-0.25, -0.2) is 0 Å². The molecule has 1 nitrogen and oxygen atoms in total. The van der Waals surface area contributed by atoms with Crippen molar-refractivity contribution in [3.05, 3.63) is 101 Å². The van der Waals surface area contributed by atoms with Crippen LogP contribution in [0.25, 0.3) is 17.2 Å². The van der Waals surface area contributed by atoms with Gasteiger partial charge in [0.2, 0.25) is 0 Å². The third-order valence-corrected chi connectivity index (χ3v) is 4.32. The molecule has 112 valence electrons. The first-order chi connectivity index (χ1) is 11.2. The molecule has 23 heavy (non-hydrogen) atoms. The first kappa shape index (κ1) is 15.4. The monoisotopic (exact) mass is 362 g/mol. The zero-order valence-electron chi connectivity index (χ0n) is 12.4. The van der Waals surface area contributed by atoms with Crippen LogP contribution in [0, 0.1) is 0 Å². The fraction of sp³-hybridized carbons (Fsp3) is 0. The van der Waals surface area contributed by atoms with Gasteiger partial charge in [-0.2, -0.15) is 0 Å². The minimum atomic E-state index is 0.000338. The first-order valence-electron chi connectivity index (χ1n) is 7.36. The Labute approximate surface area is 144 Å². The average Bonchev–Trinajstić information content (AvgIpc) is 2.62. The second-order valence-corrected chi connectivity index (χ2v) is 6.02. The van der Waals surface area contributed by atoms with E-state index in [1.54, 1.807) is 6.08 Å². The van der Waals surface area contributed by atoms with E-state index in [4.69, 9.17) is 0 Å². The summed E-state index contributed by atoms with van der Waals surface area (Å²) in [6.45, 7) is 0. The van der Waals surface area contributed by atoms with E-state index in [-0.39, 0.29) is 5.78 Å². The smallest absolute Gasteiger partial charge is 0.185 e. The number of carbonyl (C=O) groups excluding carboxylic acids is 1. The normalized spacial score (nSPS) is 10.8. The topological polar surface area (TPSA) is 17.1 Å². The van der Waals surface area contributed by atoms with E-state index in [0.29, 0.717) is 5.56 Å². The molecule has 0 atom stereocenters. The molecule has 2 heteroatoms. The van der Waals surface area contributed by atoms with E-state index in [1.807, 2.05) is 72.8 Å². The lowest BCUT2D eigenvalue weighted by atomic mass is 10.0. The Morgan fingerprint density at radius 1 is 0.739 bits per heavy atom. The molecule has 0 radical (unpaired) electrons. The number of hydrogen-bond donors (Lipinski definition) is 0. The van der Waals surface area contributed by atoms with Crippen LogP contribution < -0.4 is 0 Å². The number of ketones is 1. The quantitative estimate of drug-likeness (QED) is 0.410. The summed E-state index contributed by atoms with van der Waals surface area (Å²) in [6.07, 6.45) is 3.44. The Morgan fingerprint density at radius 2 is 1.35 bits per heavy atom. The van der Waals surface area contributed by atoms with Gasteiger partial charge in [-0.3, -0.25) is 4.79 Å². The Bertz CT molecular complexity index is 833. The summed E-state index contributed by atoms with van der Waals surface area (Å²) in [5, 5.41) is 0. The van der Waals surface area contributed by atoms with E-state index < -0.39 is 0 Å². The van der Waals surface area contributed by atoms with Crippen molar-refractivity contribution in [2.75, 3.05) is 0 Å². The largest absolute Gasteiger partial charge is 0.289 e. The van der Waals surface area contributed by atoms with E-state index >= 15 is 0 Å². The Hall–Kier alpha value is -2.45. The highest BCUT2D eigenvalue weighted by Gasteiger charge is 2.03. The van der Waals surface area contributed by atoms with Crippen LogP contribution in [0.2, 0.25) is 0 Å². The van der Waals surface area contributed by atoms with Crippen LogP contribution in [0.1, 0.15) is 15.9 Å². The molecular weight excluding hydrogens is 348 g/mol. The van der Waals surface area contributed by atoms with Crippen molar-refractivity contribution in [1.29, 1.82) is 0 Å². The van der Waals surface area contributed by atoms with Crippen LogP contribution in [-0.4, -0.2) is 5.78 Å². The molecule has 0 saturated carbocycles. The predicted octanol–water partition coefficient (Wildman–Crippen LogP) is 6.01. The minimum absolute atomic E-state index is 0.000338. The van der Waals surface area contributed by atoms with Gasteiger partial charge < -0.3 is 0 Å². The molecule has 3 aromatic carbocycles. The van der Waals surface area contributed by atoms with E-state index in [9.17, 15) is 4.79 Å². The van der Waals surface area contributed by atoms with Gasteiger partial charge in [0.25, 0.3) is 0 Å². The van der Waals surface area contributed by atoms with Gasteiger partial charge in [-0.15, -0.1) is 0 Å². The number of halogens is 1. The number of carbonyl (C=O) groups is 1. The molecule has 0 aromatic heterocycles. The summed E-state index contributed by atoms with van der Waals surface area (Å²) in [4.78, 5) is 12.3. The predicted molar refractivity (Wildman–Crippen MR) is 99.4 cm³/mol. The Kier molecular flexibility index (Phi) is 4.84. The van der Waals surface area contributed by atoms with Crippen LogP contribution >= 0.6 is 15.9 Å². The molecule has 0 aliphatic carbocycles. The molecule has 0 fully saturated rings. The second kappa shape index (κ2) is 7.21. The van der Waals surface area contributed by atoms with E-state index in [0.717, 1.165) is 21.2 Å². The lowest BCUT2D eigenvalue weighted by Crippen LogP contribution is -1.93. The maximum absolute atomic E-state index is 12.3. The molecule has 0 amide bonds. The van der Waals surface area contributed by atoms with Crippen molar-refractivity contribution in [1.82, 2.24) is 0 Å². The van der Waals surface area contributed by atoms with Crippen LogP contribution in [0.5, 0.6) is 0 Å². The fourth-order valence-corrected chi connectivity index (χ4v) is 2.75. The zero-order chi connectivity index (χ0) is 16.1. The number of rotatable bonds is 4. The SMILES string of the molecule is O=C(/C=C/c1ccccc1Br)c1ccc(-c2ccccc2)cc1. The van der Waals surface area contributed by atoms with Crippen molar-refractivity contribution in [2.24, 2.45) is 0 Å². The Balaban J connectivity index is 1.77. The van der Waals surface area contributed by atoms with Crippen molar-refractivity contribution < 1.29 is 4.79 Å². The fourth-order valence-electron chi connectivity index (χ4n) is 2.33. The van der Waals surface area contributed by atoms with Gasteiger partial charge in [0.15, 0.2) is 5.78 Å². The number of benzene rings is 3. The summed E-state index contributed by atoms with van der Waals surface area (Å²) in [7, 11) is 0. The molecular formula is C21H15BrO. The molecule has 3 aromatic rings. The summed E-state index contributed by atoms with van der Waals surface area (Å²) in [6, 6.07) is 25.7. The van der Waals surface area contributed by atoms with Crippen molar-refractivity contribution in [3.63, 3.8) is 0 Å². The van der Waals surface area contributed by atoms with E-state index in [2.05, 4.69) is 28.1 Å². The third kappa shape index (κ3) is 3.85. The molecule has 0 spiro atoms. The molecule has 0 unspecified atom stereocenters. The lowest BCUT2D eigenvalue weighted by Gasteiger charge is -2.02. The zero-order valence-corrected chi connectivity index (χ0v) is 14.0. The molecule has 0 aliphatic heterocycles. The van der Waals surface area contributed by atoms with Gasteiger partial charge in [0, 0.05) is 10.0 Å². The van der Waals surface area contributed by atoms with Gasteiger partial charge in [-0.05, 0) is 34.9 Å². The first-order valence-corrected chi connectivity index (χ1v) is 8.16. The molecule has 0 saturated heterocycles. The minimum Gasteiger partial charge on any atom is -0.289 e. The Morgan fingerprint density at radius 3 is 2.04 bits per heavy atom. The summed E-state index contributed by atoms with van der Waals surface area (Å²) in [5.41, 5.74) is 3.93. The summed E-state index contributed by atoms with van der Waals surface area (Å²) in [5.74, 6) is 0.000338. The van der Waals surface area contributed by atoms with Gasteiger partial charge in [0.05, 0.1) is 0 Å². The van der Waals surface area contributed by atoms with Gasteiger partial charge in [-0.1, -0.05) is 88.7 Å². The standard InChI is InChI=1S/C21H15BrO/c22-20-9-5-4-8-18(20)14-15-21(23)19-12-10-17(11-13-19)16-6-2-1-3-7-16/h1-15H/b15-14+. The lowest BCUT2D eigenvalue weighted by molar-refractivity contribution is 0.104. The molecule has 0 aliphatic rings. The maximum Gasteiger partial charge on any atom is 0.185 e. The van der Waals surface area contributed by atoms with Crippen LogP contribution in [0.15, 0.2) is 89.4 Å². The molecule has 3 rings (SSSR count).